The van der Waals surface area contributed by atoms with Crippen molar-refractivity contribution in [2.75, 3.05) is 24.6 Å². The van der Waals surface area contributed by atoms with Gasteiger partial charge in [-0.1, -0.05) is 48.0 Å². The number of fused-ring (bicyclic) bond motifs is 2. The molecule has 2 heterocycles. The lowest BCUT2D eigenvalue weighted by Crippen LogP contribution is -2.39. The first-order valence-corrected chi connectivity index (χ1v) is 11.6. The third-order valence-electron chi connectivity index (χ3n) is 6.33. The van der Waals surface area contributed by atoms with Crippen molar-refractivity contribution in [3.63, 3.8) is 0 Å². The van der Waals surface area contributed by atoms with Gasteiger partial charge >= 0.3 is 0 Å². The van der Waals surface area contributed by atoms with E-state index in [4.69, 9.17) is 16.3 Å². The molecular weight excluding hydrogens is 436 g/mol. The van der Waals surface area contributed by atoms with Crippen LogP contribution in [0.15, 0.2) is 66.7 Å². The summed E-state index contributed by atoms with van der Waals surface area (Å²) in [4.78, 5) is 29.7. The number of carbonyl (C=O) groups excluding carboxylic acids is 2. The molecule has 0 spiro atoms. The number of para-hydroxylation sites is 1. The molecule has 0 atom stereocenters. The fraction of sp³-hybridized carbons (Fsp3) is 0.259. The van der Waals surface area contributed by atoms with Gasteiger partial charge in [0.2, 0.25) is 0 Å². The molecular formula is C27H25ClN2O3. The third kappa shape index (κ3) is 4.46. The van der Waals surface area contributed by atoms with Crippen molar-refractivity contribution < 1.29 is 14.3 Å². The molecule has 3 aromatic rings. The molecule has 0 aliphatic carbocycles. The van der Waals surface area contributed by atoms with E-state index >= 15 is 0 Å². The maximum atomic E-state index is 13.1. The molecule has 0 N–H and O–H groups in total. The van der Waals surface area contributed by atoms with Crippen LogP contribution in [0, 0.1) is 0 Å². The Morgan fingerprint density at radius 3 is 2.61 bits per heavy atom. The summed E-state index contributed by atoms with van der Waals surface area (Å²) in [6, 6.07) is 21.1. The number of nitrogens with zero attached hydrogens (tertiary/aromatic N) is 2. The molecule has 2 aliphatic heterocycles. The van der Waals surface area contributed by atoms with E-state index in [1.165, 1.54) is 5.56 Å². The van der Waals surface area contributed by atoms with Gasteiger partial charge in [-0.15, -0.1) is 0 Å². The van der Waals surface area contributed by atoms with Crippen molar-refractivity contribution in [3.8, 4) is 5.75 Å². The highest BCUT2D eigenvalue weighted by atomic mass is 35.5. The molecule has 2 amide bonds. The summed E-state index contributed by atoms with van der Waals surface area (Å²) in [5.41, 5.74) is 4.72. The average molecular weight is 461 g/mol. The highest BCUT2D eigenvalue weighted by Crippen LogP contribution is 2.30. The summed E-state index contributed by atoms with van der Waals surface area (Å²) in [7, 11) is 0. The number of benzene rings is 3. The highest BCUT2D eigenvalue weighted by Gasteiger charge is 2.28. The Morgan fingerprint density at radius 1 is 0.939 bits per heavy atom. The molecule has 0 bridgehead atoms. The smallest absolute Gasteiger partial charge is 0.264 e. The maximum absolute atomic E-state index is 13.1. The van der Waals surface area contributed by atoms with Crippen molar-refractivity contribution in [1.29, 1.82) is 0 Å². The molecule has 0 fully saturated rings. The second-order valence-electron chi connectivity index (χ2n) is 8.45. The zero-order valence-electron chi connectivity index (χ0n) is 18.3. The van der Waals surface area contributed by atoms with Gasteiger partial charge in [-0.2, -0.15) is 0 Å². The molecule has 0 saturated carbocycles. The highest BCUT2D eigenvalue weighted by molar-refractivity contribution is 6.30. The Bertz CT molecular complexity index is 1190. The minimum Gasteiger partial charge on any atom is -0.483 e. The predicted octanol–water partition coefficient (Wildman–Crippen LogP) is 4.90. The first-order chi connectivity index (χ1) is 16.1. The minimum atomic E-state index is -0.0637. The molecule has 5 nitrogen and oxygen atoms in total. The zero-order chi connectivity index (χ0) is 22.8. The summed E-state index contributed by atoms with van der Waals surface area (Å²) >= 11 is 5.97. The number of amides is 2. The molecule has 33 heavy (non-hydrogen) atoms. The second kappa shape index (κ2) is 9.28. The van der Waals surface area contributed by atoms with Crippen LogP contribution in [0.3, 0.4) is 0 Å². The van der Waals surface area contributed by atoms with E-state index in [-0.39, 0.29) is 18.4 Å². The SMILES string of the molecule is O=C1c2cccc(OCC(=O)N3CCCc4ccccc43)c2CCN1Cc1ccc(Cl)cc1. The van der Waals surface area contributed by atoms with Crippen molar-refractivity contribution in [1.82, 2.24) is 4.90 Å². The molecule has 0 unspecified atom stereocenters. The van der Waals surface area contributed by atoms with Crippen molar-refractivity contribution in [2.45, 2.75) is 25.8 Å². The first kappa shape index (κ1) is 21.5. The number of hydrogen-bond acceptors (Lipinski definition) is 3. The van der Waals surface area contributed by atoms with Gasteiger partial charge in [-0.3, -0.25) is 9.59 Å². The van der Waals surface area contributed by atoms with Crippen LogP contribution in [0.4, 0.5) is 5.69 Å². The van der Waals surface area contributed by atoms with Crippen LogP contribution in [-0.2, 0) is 24.2 Å². The lowest BCUT2D eigenvalue weighted by molar-refractivity contribution is -0.120. The Kier molecular flexibility index (Phi) is 6.05. The van der Waals surface area contributed by atoms with Gasteiger partial charge in [0.15, 0.2) is 6.61 Å². The predicted molar refractivity (Wildman–Crippen MR) is 129 cm³/mol. The maximum Gasteiger partial charge on any atom is 0.264 e. The van der Waals surface area contributed by atoms with Crippen molar-refractivity contribution in [2.24, 2.45) is 0 Å². The quantitative estimate of drug-likeness (QED) is 0.544. The van der Waals surface area contributed by atoms with E-state index in [1.807, 2.05) is 70.5 Å². The Morgan fingerprint density at radius 2 is 1.76 bits per heavy atom. The third-order valence-corrected chi connectivity index (χ3v) is 6.58. The van der Waals surface area contributed by atoms with Crippen LogP contribution in [0.1, 0.15) is 33.5 Å². The monoisotopic (exact) mass is 460 g/mol. The lowest BCUT2D eigenvalue weighted by Gasteiger charge is -2.31. The van der Waals surface area contributed by atoms with Crippen molar-refractivity contribution >= 4 is 29.1 Å². The zero-order valence-corrected chi connectivity index (χ0v) is 19.1. The van der Waals surface area contributed by atoms with E-state index < -0.39 is 0 Å². The molecule has 0 radical (unpaired) electrons. The normalized spacial score (nSPS) is 15.1. The number of aryl methyl sites for hydroxylation is 1. The van der Waals surface area contributed by atoms with E-state index in [0.717, 1.165) is 29.7 Å². The Labute approximate surface area is 198 Å². The first-order valence-electron chi connectivity index (χ1n) is 11.3. The topological polar surface area (TPSA) is 49.9 Å². The number of halogens is 1. The standard InChI is InChI=1S/C27H25ClN2O3/c28-21-12-10-19(11-13-21)17-29-16-14-22-23(27(29)32)7-3-9-25(22)33-18-26(31)30-15-4-6-20-5-1-2-8-24(20)30/h1-3,5,7-13H,4,6,14-18H2. The van der Waals surface area contributed by atoms with Gasteiger partial charge in [0.05, 0.1) is 0 Å². The second-order valence-corrected chi connectivity index (χ2v) is 8.89. The molecule has 2 aliphatic rings. The molecule has 6 heteroatoms. The summed E-state index contributed by atoms with van der Waals surface area (Å²) in [5.74, 6) is 0.532. The van der Waals surface area contributed by atoms with Crippen LogP contribution in [0.5, 0.6) is 5.75 Å². The molecule has 0 saturated heterocycles. The van der Waals surface area contributed by atoms with E-state index in [9.17, 15) is 9.59 Å². The fourth-order valence-electron chi connectivity index (χ4n) is 4.65. The van der Waals surface area contributed by atoms with Crippen LogP contribution < -0.4 is 9.64 Å². The minimum absolute atomic E-state index is 0.0204. The van der Waals surface area contributed by atoms with Gasteiger partial charge in [-0.05, 0) is 60.7 Å². The Hall–Kier alpha value is -3.31. The molecule has 168 valence electrons. The summed E-state index contributed by atoms with van der Waals surface area (Å²) in [5, 5.41) is 0.679. The summed E-state index contributed by atoms with van der Waals surface area (Å²) in [6.07, 6.45) is 2.62. The average Bonchev–Trinajstić information content (AvgIpc) is 2.85. The number of rotatable bonds is 5. The molecule has 0 aromatic heterocycles. The van der Waals surface area contributed by atoms with Gasteiger partial charge < -0.3 is 14.5 Å². The van der Waals surface area contributed by atoms with Gasteiger partial charge in [0.25, 0.3) is 11.8 Å². The number of carbonyl (C=O) groups is 2. The van der Waals surface area contributed by atoms with E-state index in [0.29, 0.717) is 42.4 Å². The van der Waals surface area contributed by atoms with Crippen molar-refractivity contribution in [3.05, 3.63) is 94.0 Å². The van der Waals surface area contributed by atoms with Crippen LogP contribution in [0.25, 0.3) is 0 Å². The largest absolute Gasteiger partial charge is 0.483 e. The lowest BCUT2D eigenvalue weighted by atomic mass is 9.97. The summed E-state index contributed by atoms with van der Waals surface area (Å²) < 4.78 is 5.97. The summed E-state index contributed by atoms with van der Waals surface area (Å²) in [6.45, 7) is 1.79. The number of ether oxygens (including phenoxy) is 1. The Balaban J connectivity index is 1.28. The molecule has 5 rings (SSSR count). The van der Waals surface area contributed by atoms with Crippen LogP contribution in [-0.4, -0.2) is 36.4 Å². The number of anilines is 1. The van der Waals surface area contributed by atoms with E-state index in [1.54, 1.807) is 0 Å². The van der Waals surface area contributed by atoms with E-state index in [2.05, 4.69) is 6.07 Å². The molecule has 3 aromatic carbocycles. The number of hydrogen-bond donors (Lipinski definition) is 0. The van der Waals surface area contributed by atoms with Crippen LogP contribution in [0.2, 0.25) is 5.02 Å². The van der Waals surface area contributed by atoms with Gasteiger partial charge in [0.1, 0.15) is 5.75 Å². The van der Waals surface area contributed by atoms with Crippen LogP contribution >= 0.6 is 11.6 Å². The fourth-order valence-corrected chi connectivity index (χ4v) is 4.77. The van der Waals surface area contributed by atoms with Gasteiger partial charge in [0, 0.05) is 41.5 Å². The van der Waals surface area contributed by atoms with Gasteiger partial charge in [-0.25, -0.2) is 0 Å².